The summed E-state index contributed by atoms with van der Waals surface area (Å²) in [5.74, 6) is -1.13. The van der Waals surface area contributed by atoms with Crippen LogP contribution in [0, 0.1) is 36.5 Å². The Morgan fingerprint density at radius 2 is 2.03 bits per heavy atom. The number of thiazole rings is 1. The highest BCUT2D eigenvalue weighted by molar-refractivity contribution is 7.13. The first-order valence-electron chi connectivity index (χ1n) is 9.72. The van der Waals surface area contributed by atoms with Gasteiger partial charge in [-0.25, -0.2) is 4.98 Å². The Balaban J connectivity index is 2.10. The summed E-state index contributed by atoms with van der Waals surface area (Å²) in [5.41, 5.74) is 0.406. The van der Waals surface area contributed by atoms with Crippen molar-refractivity contribution in [1.29, 1.82) is 5.26 Å². The molecule has 0 unspecified atom stereocenters. The topological polar surface area (TPSA) is 124 Å². The molecule has 29 heavy (non-hydrogen) atoms. The molecular weight excluding hydrogens is 390 g/mol. The maximum Gasteiger partial charge on any atom is 0.263 e. The van der Waals surface area contributed by atoms with E-state index in [1.165, 1.54) is 11.3 Å². The Morgan fingerprint density at radius 1 is 1.34 bits per heavy atom. The first-order chi connectivity index (χ1) is 13.5. The van der Waals surface area contributed by atoms with E-state index in [1.54, 1.807) is 6.92 Å². The molecule has 2 heterocycles. The van der Waals surface area contributed by atoms with Crippen LogP contribution in [0.4, 0.5) is 0 Å². The fourth-order valence-electron chi connectivity index (χ4n) is 3.36. The fourth-order valence-corrected chi connectivity index (χ4v) is 4.18. The van der Waals surface area contributed by atoms with E-state index in [0.29, 0.717) is 30.0 Å². The number of hydrogen-bond acceptors (Lipinski definition) is 6. The summed E-state index contributed by atoms with van der Waals surface area (Å²) in [7, 11) is 0. The minimum Gasteiger partial charge on any atom is -0.356 e. The van der Waals surface area contributed by atoms with Gasteiger partial charge in [-0.1, -0.05) is 20.8 Å². The van der Waals surface area contributed by atoms with E-state index >= 15 is 0 Å². The average Bonchev–Trinajstić information content (AvgIpc) is 3.16. The fraction of sp³-hybridized carbons (Fsp3) is 0.650. The summed E-state index contributed by atoms with van der Waals surface area (Å²) < 4.78 is 0. The smallest absolute Gasteiger partial charge is 0.263 e. The van der Waals surface area contributed by atoms with Gasteiger partial charge in [0.25, 0.3) is 5.91 Å². The van der Waals surface area contributed by atoms with Gasteiger partial charge >= 0.3 is 0 Å². The highest BCUT2D eigenvalue weighted by Crippen LogP contribution is 2.23. The largest absolute Gasteiger partial charge is 0.356 e. The summed E-state index contributed by atoms with van der Waals surface area (Å²) in [6.45, 7) is 10.1. The number of aromatic nitrogens is 1. The van der Waals surface area contributed by atoms with Crippen molar-refractivity contribution in [3.63, 3.8) is 0 Å². The summed E-state index contributed by atoms with van der Waals surface area (Å²) >= 11 is 1.28. The number of nitriles is 1. The standard InChI is InChI=1S/C20H29N5O3S/c1-11-16(29-12(2)23-11)19(28)25-15(9-20(3,4)5)18(27)24-14(10-21)8-13-6-7-22-17(13)26/h13-15H,6-9H2,1-5H3,(H,22,26)(H,24,27)(H,25,28)/t13-,14-,15-/m0/s1. The number of rotatable bonds is 7. The molecule has 9 heteroatoms. The van der Waals surface area contributed by atoms with Crippen molar-refractivity contribution >= 4 is 29.1 Å². The van der Waals surface area contributed by atoms with Gasteiger partial charge in [-0.2, -0.15) is 5.26 Å². The molecule has 3 N–H and O–H groups in total. The maximum atomic E-state index is 12.9. The minimum absolute atomic E-state index is 0.0879. The molecule has 0 radical (unpaired) electrons. The summed E-state index contributed by atoms with van der Waals surface area (Å²) in [5, 5.41) is 18.5. The van der Waals surface area contributed by atoms with Crippen molar-refractivity contribution in [1.82, 2.24) is 20.9 Å². The molecule has 2 rings (SSSR count). The molecule has 3 atom stereocenters. The van der Waals surface area contributed by atoms with Crippen LogP contribution < -0.4 is 16.0 Å². The molecule has 0 saturated carbocycles. The molecular formula is C20H29N5O3S. The monoisotopic (exact) mass is 419 g/mol. The Labute approximate surface area is 175 Å². The van der Waals surface area contributed by atoms with E-state index < -0.39 is 18.0 Å². The van der Waals surface area contributed by atoms with Crippen LogP contribution in [0.5, 0.6) is 0 Å². The number of carbonyl (C=O) groups is 3. The van der Waals surface area contributed by atoms with Gasteiger partial charge < -0.3 is 16.0 Å². The number of nitrogens with one attached hydrogen (secondary N) is 3. The lowest BCUT2D eigenvalue weighted by Crippen LogP contribution is -2.51. The molecule has 1 aliphatic rings. The lowest BCUT2D eigenvalue weighted by Gasteiger charge is -2.27. The zero-order valence-electron chi connectivity index (χ0n) is 17.6. The third-order valence-electron chi connectivity index (χ3n) is 4.70. The van der Waals surface area contributed by atoms with E-state index in [2.05, 4.69) is 27.0 Å². The second kappa shape index (κ2) is 9.35. The zero-order valence-corrected chi connectivity index (χ0v) is 18.4. The van der Waals surface area contributed by atoms with Gasteiger partial charge in [0, 0.05) is 12.5 Å². The number of carbonyl (C=O) groups excluding carboxylic acids is 3. The predicted molar refractivity (Wildman–Crippen MR) is 110 cm³/mol. The lowest BCUT2D eigenvalue weighted by molar-refractivity contribution is -0.125. The molecule has 1 aliphatic heterocycles. The summed E-state index contributed by atoms with van der Waals surface area (Å²) in [4.78, 5) is 42.1. The Kier molecular flexibility index (Phi) is 7.36. The molecule has 0 aromatic carbocycles. The third-order valence-corrected chi connectivity index (χ3v) is 5.78. The van der Waals surface area contributed by atoms with Crippen molar-refractivity contribution in [3.8, 4) is 6.07 Å². The molecule has 0 bridgehead atoms. The highest BCUT2D eigenvalue weighted by atomic mass is 32.1. The van der Waals surface area contributed by atoms with Crippen molar-refractivity contribution < 1.29 is 14.4 Å². The third kappa shape index (κ3) is 6.53. The summed E-state index contributed by atoms with van der Waals surface area (Å²) in [6, 6.07) is 0.480. The molecule has 3 amide bonds. The summed E-state index contributed by atoms with van der Waals surface area (Å²) in [6.07, 6.45) is 1.32. The first-order valence-corrected chi connectivity index (χ1v) is 10.5. The number of nitrogens with zero attached hydrogens (tertiary/aromatic N) is 2. The Hall–Kier alpha value is -2.47. The predicted octanol–water partition coefficient (Wildman–Crippen LogP) is 1.83. The zero-order chi connectivity index (χ0) is 21.8. The maximum absolute atomic E-state index is 12.9. The van der Waals surface area contributed by atoms with E-state index in [-0.39, 0.29) is 29.6 Å². The SMILES string of the molecule is Cc1nc(C)c(C(=O)N[C@@H](CC(C)(C)C)C(=O)N[C@H](C#N)C[C@@H]2CCNC2=O)s1. The quantitative estimate of drug-likeness (QED) is 0.622. The molecule has 1 fully saturated rings. The van der Waals surface area contributed by atoms with Crippen molar-refractivity contribution in [2.45, 2.75) is 66.0 Å². The second-order valence-electron chi connectivity index (χ2n) is 8.64. The van der Waals surface area contributed by atoms with Gasteiger partial charge in [0.2, 0.25) is 11.8 Å². The second-order valence-corrected chi connectivity index (χ2v) is 9.84. The molecule has 0 spiro atoms. The van der Waals surface area contributed by atoms with Gasteiger partial charge in [-0.05, 0) is 38.5 Å². The van der Waals surface area contributed by atoms with Crippen LogP contribution in [0.1, 0.15) is 60.4 Å². The molecule has 1 aromatic rings. The van der Waals surface area contributed by atoms with Gasteiger partial charge in [-0.3, -0.25) is 14.4 Å². The lowest BCUT2D eigenvalue weighted by atomic mass is 9.87. The molecule has 0 aliphatic carbocycles. The molecule has 8 nitrogen and oxygen atoms in total. The van der Waals surface area contributed by atoms with Crippen LogP contribution in [-0.4, -0.2) is 41.3 Å². The molecule has 1 saturated heterocycles. The average molecular weight is 420 g/mol. The number of hydrogen-bond donors (Lipinski definition) is 3. The first kappa shape index (κ1) is 22.8. The normalized spacial score (nSPS) is 18.5. The van der Waals surface area contributed by atoms with Crippen LogP contribution in [0.3, 0.4) is 0 Å². The van der Waals surface area contributed by atoms with Crippen molar-refractivity contribution in [2.24, 2.45) is 11.3 Å². The van der Waals surface area contributed by atoms with Crippen LogP contribution >= 0.6 is 11.3 Å². The van der Waals surface area contributed by atoms with Crippen LogP contribution in [0.25, 0.3) is 0 Å². The Bertz CT molecular complexity index is 821. The Morgan fingerprint density at radius 3 is 2.52 bits per heavy atom. The van der Waals surface area contributed by atoms with Crippen LogP contribution in [-0.2, 0) is 9.59 Å². The minimum atomic E-state index is -0.794. The van der Waals surface area contributed by atoms with E-state index in [9.17, 15) is 19.6 Å². The molecule has 158 valence electrons. The van der Waals surface area contributed by atoms with Crippen molar-refractivity contribution in [3.05, 3.63) is 15.6 Å². The van der Waals surface area contributed by atoms with E-state index in [0.717, 1.165) is 5.01 Å². The van der Waals surface area contributed by atoms with Crippen molar-refractivity contribution in [2.75, 3.05) is 6.54 Å². The van der Waals surface area contributed by atoms with Gasteiger partial charge in [0.1, 0.15) is 17.0 Å². The van der Waals surface area contributed by atoms with Gasteiger partial charge in [0.05, 0.1) is 16.8 Å². The molecule has 1 aromatic heterocycles. The van der Waals surface area contributed by atoms with E-state index in [1.807, 2.05) is 27.7 Å². The van der Waals surface area contributed by atoms with Crippen LogP contribution in [0.2, 0.25) is 0 Å². The van der Waals surface area contributed by atoms with Crippen LogP contribution in [0.15, 0.2) is 0 Å². The highest BCUT2D eigenvalue weighted by Gasteiger charge is 2.32. The van der Waals surface area contributed by atoms with Gasteiger partial charge in [-0.15, -0.1) is 11.3 Å². The van der Waals surface area contributed by atoms with Gasteiger partial charge in [0.15, 0.2) is 0 Å². The number of amides is 3. The number of aryl methyl sites for hydroxylation is 2. The van der Waals surface area contributed by atoms with E-state index in [4.69, 9.17) is 0 Å².